The van der Waals surface area contributed by atoms with Crippen LogP contribution in [0.4, 0.5) is 0 Å². The number of nitrogens with two attached hydrogens (primary N) is 1. The van der Waals surface area contributed by atoms with Crippen LogP contribution in [0.15, 0.2) is 36.4 Å². The molecule has 4 nitrogen and oxygen atoms in total. The summed E-state index contributed by atoms with van der Waals surface area (Å²) in [4.78, 5) is 4.71. The van der Waals surface area contributed by atoms with Crippen LogP contribution >= 0.6 is 0 Å². The minimum atomic E-state index is 0.0820. The molecule has 2 atom stereocenters. The molecule has 1 heterocycles. The van der Waals surface area contributed by atoms with Crippen LogP contribution in [0.3, 0.4) is 0 Å². The molecule has 0 spiro atoms. The number of nitrogens with zero attached hydrogens (tertiary/aromatic N) is 1. The number of pyridine rings is 1. The van der Waals surface area contributed by atoms with Crippen molar-refractivity contribution in [2.75, 3.05) is 6.61 Å². The number of para-hydroxylation sites is 1. The number of ether oxygens (including phenoxy) is 1. The largest absolute Gasteiger partial charge is 0.377 e. The summed E-state index contributed by atoms with van der Waals surface area (Å²) in [6, 6.07) is 12.4. The Balaban J connectivity index is 2.14. The average molecular weight is 287 g/mol. The summed E-state index contributed by atoms with van der Waals surface area (Å²) in [6.45, 7) is 4.88. The van der Waals surface area contributed by atoms with E-state index in [0.717, 1.165) is 35.9 Å². The van der Waals surface area contributed by atoms with E-state index in [1.807, 2.05) is 25.1 Å². The smallest absolute Gasteiger partial charge is 0.0745 e. The van der Waals surface area contributed by atoms with E-state index in [1.54, 1.807) is 0 Å². The Morgan fingerprint density at radius 2 is 2.00 bits per heavy atom. The highest BCUT2D eigenvalue weighted by Gasteiger charge is 2.21. The molecule has 0 fully saturated rings. The Hall–Kier alpha value is -1.49. The van der Waals surface area contributed by atoms with E-state index in [9.17, 15) is 0 Å². The van der Waals surface area contributed by atoms with Crippen molar-refractivity contribution in [3.63, 3.8) is 0 Å². The molecule has 0 aliphatic rings. The van der Waals surface area contributed by atoms with Crippen molar-refractivity contribution in [1.82, 2.24) is 10.4 Å². The number of aromatic nitrogens is 1. The maximum atomic E-state index is 5.82. The normalized spacial score (nSPS) is 14.2. The van der Waals surface area contributed by atoms with E-state index in [-0.39, 0.29) is 12.1 Å². The highest BCUT2D eigenvalue weighted by Crippen LogP contribution is 2.15. The minimum absolute atomic E-state index is 0.0820. The zero-order valence-electron chi connectivity index (χ0n) is 12.9. The summed E-state index contributed by atoms with van der Waals surface area (Å²) in [5, 5.41) is 1.16. The number of fused-ring (bicyclic) bond motifs is 1. The standard InChI is InChI=1S/C17H25N3O/c1-3-7-17(21-4-2)16(20-18)12-14-11-10-13-8-5-6-9-15(13)19-14/h5-6,8-11,16-17,20H,3-4,7,12,18H2,1-2H3. The summed E-state index contributed by atoms with van der Waals surface area (Å²) in [5.41, 5.74) is 4.97. The lowest BCUT2D eigenvalue weighted by molar-refractivity contribution is 0.0279. The van der Waals surface area contributed by atoms with Gasteiger partial charge in [0.1, 0.15) is 0 Å². The molecule has 0 saturated heterocycles. The summed E-state index contributed by atoms with van der Waals surface area (Å²) < 4.78 is 5.82. The molecule has 0 amide bonds. The SMILES string of the molecule is CCCC(OCC)C(Cc1ccc2ccccc2n1)NN. The molecular weight excluding hydrogens is 262 g/mol. The van der Waals surface area contributed by atoms with Crippen LogP contribution < -0.4 is 11.3 Å². The lowest BCUT2D eigenvalue weighted by atomic mass is 10.0. The van der Waals surface area contributed by atoms with Crippen LogP contribution in [-0.4, -0.2) is 23.7 Å². The molecule has 0 saturated carbocycles. The van der Waals surface area contributed by atoms with Crippen molar-refractivity contribution >= 4 is 10.9 Å². The average Bonchev–Trinajstić information content (AvgIpc) is 2.52. The van der Waals surface area contributed by atoms with E-state index in [0.29, 0.717) is 6.61 Å². The first-order valence-corrected chi connectivity index (χ1v) is 7.70. The van der Waals surface area contributed by atoms with Crippen molar-refractivity contribution in [2.45, 2.75) is 45.3 Å². The van der Waals surface area contributed by atoms with Gasteiger partial charge in [-0.2, -0.15) is 0 Å². The second kappa shape index (κ2) is 8.08. The summed E-state index contributed by atoms with van der Waals surface area (Å²) in [5.74, 6) is 5.74. The van der Waals surface area contributed by atoms with E-state index in [1.165, 1.54) is 0 Å². The monoisotopic (exact) mass is 287 g/mol. The Morgan fingerprint density at radius 3 is 2.71 bits per heavy atom. The molecular formula is C17H25N3O. The molecule has 3 N–H and O–H groups in total. The summed E-state index contributed by atoms with van der Waals surface area (Å²) in [7, 11) is 0. The highest BCUT2D eigenvalue weighted by atomic mass is 16.5. The molecule has 0 aliphatic heterocycles. The number of hydrogen-bond acceptors (Lipinski definition) is 4. The molecule has 0 aliphatic carbocycles. The molecule has 2 unspecified atom stereocenters. The first-order chi connectivity index (χ1) is 10.3. The van der Waals surface area contributed by atoms with Crippen LogP contribution in [0.2, 0.25) is 0 Å². The molecule has 2 aromatic rings. The Morgan fingerprint density at radius 1 is 1.19 bits per heavy atom. The predicted octanol–water partition coefficient (Wildman–Crippen LogP) is 2.81. The van der Waals surface area contributed by atoms with Gasteiger partial charge in [0.2, 0.25) is 0 Å². The number of hydrazine groups is 1. The highest BCUT2D eigenvalue weighted by molar-refractivity contribution is 5.78. The number of hydrogen-bond donors (Lipinski definition) is 2. The number of benzene rings is 1. The summed E-state index contributed by atoms with van der Waals surface area (Å²) >= 11 is 0. The van der Waals surface area contributed by atoms with Crippen LogP contribution in [0.5, 0.6) is 0 Å². The lowest BCUT2D eigenvalue weighted by Crippen LogP contribution is -2.46. The van der Waals surface area contributed by atoms with Crippen LogP contribution in [-0.2, 0) is 11.2 Å². The third-order valence-corrected chi connectivity index (χ3v) is 3.70. The van der Waals surface area contributed by atoms with Crippen LogP contribution in [0, 0.1) is 0 Å². The van der Waals surface area contributed by atoms with Gasteiger partial charge in [-0.3, -0.25) is 16.3 Å². The van der Waals surface area contributed by atoms with Gasteiger partial charge in [0, 0.05) is 24.1 Å². The predicted molar refractivity (Wildman–Crippen MR) is 86.9 cm³/mol. The second-order valence-electron chi connectivity index (χ2n) is 5.26. The van der Waals surface area contributed by atoms with Gasteiger partial charge in [0.05, 0.1) is 17.7 Å². The van der Waals surface area contributed by atoms with Gasteiger partial charge in [0.25, 0.3) is 0 Å². The Labute approximate surface area is 126 Å². The second-order valence-corrected chi connectivity index (χ2v) is 5.26. The first-order valence-electron chi connectivity index (χ1n) is 7.70. The van der Waals surface area contributed by atoms with Gasteiger partial charge in [-0.15, -0.1) is 0 Å². The Bertz CT molecular complexity index is 552. The first kappa shape index (κ1) is 15.9. The molecule has 21 heavy (non-hydrogen) atoms. The minimum Gasteiger partial charge on any atom is -0.377 e. The lowest BCUT2D eigenvalue weighted by Gasteiger charge is -2.26. The van der Waals surface area contributed by atoms with E-state index < -0.39 is 0 Å². The maximum absolute atomic E-state index is 5.82. The van der Waals surface area contributed by atoms with Gasteiger partial charge in [0.15, 0.2) is 0 Å². The zero-order chi connectivity index (χ0) is 15.1. The van der Waals surface area contributed by atoms with E-state index in [4.69, 9.17) is 15.6 Å². The number of nitrogens with one attached hydrogen (secondary N) is 1. The number of rotatable bonds is 8. The third kappa shape index (κ3) is 4.24. The van der Waals surface area contributed by atoms with E-state index in [2.05, 4.69) is 30.5 Å². The molecule has 114 valence electrons. The molecule has 1 aromatic carbocycles. The van der Waals surface area contributed by atoms with Crippen molar-refractivity contribution < 1.29 is 4.74 Å². The van der Waals surface area contributed by atoms with Gasteiger partial charge in [-0.25, -0.2) is 0 Å². The van der Waals surface area contributed by atoms with Gasteiger partial charge < -0.3 is 4.74 Å². The fourth-order valence-corrected chi connectivity index (χ4v) is 2.64. The quantitative estimate of drug-likeness (QED) is 0.579. The molecule has 2 rings (SSSR count). The van der Waals surface area contributed by atoms with Gasteiger partial charge in [-0.05, 0) is 25.5 Å². The fourth-order valence-electron chi connectivity index (χ4n) is 2.64. The molecule has 4 heteroatoms. The topological polar surface area (TPSA) is 60.2 Å². The van der Waals surface area contributed by atoms with Gasteiger partial charge in [-0.1, -0.05) is 37.6 Å². The molecule has 1 aromatic heterocycles. The van der Waals surface area contributed by atoms with Crippen LogP contribution in [0.1, 0.15) is 32.4 Å². The van der Waals surface area contributed by atoms with Crippen LogP contribution in [0.25, 0.3) is 10.9 Å². The van der Waals surface area contributed by atoms with Crippen molar-refractivity contribution in [3.8, 4) is 0 Å². The van der Waals surface area contributed by atoms with Gasteiger partial charge >= 0.3 is 0 Å². The van der Waals surface area contributed by atoms with E-state index >= 15 is 0 Å². The third-order valence-electron chi connectivity index (χ3n) is 3.70. The van der Waals surface area contributed by atoms with Crippen molar-refractivity contribution in [2.24, 2.45) is 5.84 Å². The fraction of sp³-hybridized carbons (Fsp3) is 0.471. The maximum Gasteiger partial charge on any atom is 0.0745 e. The van der Waals surface area contributed by atoms with Crippen molar-refractivity contribution in [1.29, 1.82) is 0 Å². The zero-order valence-corrected chi connectivity index (χ0v) is 12.9. The van der Waals surface area contributed by atoms with Crippen molar-refractivity contribution in [3.05, 3.63) is 42.1 Å². The summed E-state index contributed by atoms with van der Waals surface area (Å²) in [6.07, 6.45) is 2.97. The Kier molecular flexibility index (Phi) is 6.11. The molecule has 0 radical (unpaired) electrons. The molecule has 0 bridgehead atoms.